The zero-order valence-corrected chi connectivity index (χ0v) is 14.6. The molecule has 3 N–H and O–H groups in total. The van der Waals surface area contributed by atoms with E-state index in [0.29, 0.717) is 13.0 Å². The van der Waals surface area contributed by atoms with Crippen molar-refractivity contribution < 1.29 is 24.5 Å². The fraction of sp³-hybridized carbons (Fsp3) is 0.632. The Hall–Kier alpha value is -1.63. The zero-order chi connectivity index (χ0) is 17.9. The third-order valence-electron chi connectivity index (χ3n) is 5.58. The average Bonchev–Trinajstić information content (AvgIpc) is 3.14. The van der Waals surface area contributed by atoms with E-state index in [1.807, 2.05) is 24.3 Å². The summed E-state index contributed by atoms with van der Waals surface area (Å²) in [7, 11) is 1.62. The van der Waals surface area contributed by atoms with Crippen molar-refractivity contribution >= 4 is 5.91 Å². The van der Waals surface area contributed by atoms with Crippen LogP contribution in [-0.2, 0) is 14.9 Å². The Morgan fingerprint density at radius 2 is 2.00 bits per heavy atom. The third-order valence-corrected chi connectivity index (χ3v) is 5.58. The molecule has 1 aromatic carbocycles. The van der Waals surface area contributed by atoms with Gasteiger partial charge in [0.1, 0.15) is 18.0 Å². The maximum absolute atomic E-state index is 13.2. The Morgan fingerprint density at radius 1 is 1.32 bits per heavy atom. The lowest BCUT2D eigenvalue weighted by molar-refractivity contribution is -0.136. The van der Waals surface area contributed by atoms with Crippen molar-refractivity contribution in [3.05, 3.63) is 29.8 Å². The SMILES string of the molecule is COc1ccc(C2(C(=O)N[C@H]3CCO[C@H](CO)[C@H]3O)CCCC2)cc1. The van der Waals surface area contributed by atoms with Crippen LogP contribution in [0.5, 0.6) is 5.75 Å². The van der Waals surface area contributed by atoms with E-state index in [1.165, 1.54) is 0 Å². The second-order valence-corrected chi connectivity index (χ2v) is 6.97. The van der Waals surface area contributed by atoms with Crippen LogP contribution in [0.2, 0.25) is 0 Å². The normalized spacial score (nSPS) is 28.5. The topological polar surface area (TPSA) is 88.0 Å². The lowest BCUT2D eigenvalue weighted by Gasteiger charge is -2.37. The molecule has 1 heterocycles. The smallest absolute Gasteiger partial charge is 0.230 e. The lowest BCUT2D eigenvalue weighted by atomic mass is 9.77. The zero-order valence-electron chi connectivity index (χ0n) is 14.6. The van der Waals surface area contributed by atoms with E-state index >= 15 is 0 Å². The minimum Gasteiger partial charge on any atom is -0.497 e. The number of rotatable bonds is 5. The molecule has 1 aliphatic carbocycles. The maximum atomic E-state index is 13.2. The van der Waals surface area contributed by atoms with Gasteiger partial charge in [0.05, 0.1) is 25.2 Å². The highest BCUT2D eigenvalue weighted by atomic mass is 16.5. The van der Waals surface area contributed by atoms with E-state index < -0.39 is 23.7 Å². The van der Waals surface area contributed by atoms with E-state index in [0.717, 1.165) is 37.0 Å². The van der Waals surface area contributed by atoms with Gasteiger partial charge in [0, 0.05) is 6.61 Å². The number of hydrogen-bond acceptors (Lipinski definition) is 5. The predicted molar refractivity (Wildman–Crippen MR) is 92.5 cm³/mol. The van der Waals surface area contributed by atoms with Gasteiger partial charge in [-0.05, 0) is 37.0 Å². The van der Waals surface area contributed by atoms with Gasteiger partial charge in [-0.2, -0.15) is 0 Å². The van der Waals surface area contributed by atoms with Gasteiger partial charge in [0.25, 0.3) is 0 Å². The van der Waals surface area contributed by atoms with Gasteiger partial charge < -0.3 is 25.0 Å². The van der Waals surface area contributed by atoms with Crippen LogP contribution in [0.25, 0.3) is 0 Å². The minimum atomic E-state index is -0.892. The molecule has 0 bridgehead atoms. The predicted octanol–water partition coefficient (Wildman–Crippen LogP) is 1.13. The Morgan fingerprint density at radius 3 is 2.60 bits per heavy atom. The molecule has 6 heteroatoms. The number of hydrogen-bond donors (Lipinski definition) is 3. The summed E-state index contributed by atoms with van der Waals surface area (Å²) in [6, 6.07) is 7.29. The highest BCUT2D eigenvalue weighted by Crippen LogP contribution is 2.42. The van der Waals surface area contributed by atoms with E-state index in [4.69, 9.17) is 9.47 Å². The van der Waals surface area contributed by atoms with Gasteiger partial charge in [-0.25, -0.2) is 0 Å². The lowest BCUT2D eigenvalue weighted by Crippen LogP contribution is -2.57. The molecule has 1 amide bonds. The molecule has 1 saturated carbocycles. The first-order valence-electron chi connectivity index (χ1n) is 8.97. The second kappa shape index (κ2) is 7.72. The summed E-state index contributed by atoms with van der Waals surface area (Å²) in [6.07, 6.45) is 2.63. The van der Waals surface area contributed by atoms with Gasteiger partial charge in [-0.1, -0.05) is 25.0 Å². The molecule has 3 rings (SSSR count). The quantitative estimate of drug-likeness (QED) is 0.742. The number of carbonyl (C=O) groups is 1. The molecule has 25 heavy (non-hydrogen) atoms. The van der Waals surface area contributed by atoms with E-state index in [2.05, 4.69) is 5.32 Å². The van der Waals surface area contributed by atoms with Crippen molar-refractivity contribution in [3.8, 4) is 5.75 Å². The van der Waals surface area contributed by atoms with Gasteiger partial charge in [0.15, 0.2) is 0 Å². The number of aliphatic hydroxyl groups excluding tert-OH is 2. The standard InChI is InChI=1S/C19H27NO5/c1-24-14-6-4-13(5-7-14)19(9-2-3-10-19)18(23)20-15-8-11-25-16(12-21)17(15)22/h4-7,15-17,21-22H,2-3,8-12H2,1H3,(H,20,23)/t15-,16+,17-/m0/s1. The van der Waals surface area contributed by atoms with Crippen LogP contribution in [0.15, 0.2) is 24.3 Å². The summed E-state index contributed by atoms with van der Waals surface area (Å²) in [4.78, 5) is 13.2. The Kier molecular flexibility index (Phi) is 5.61. The molecule has 2 fully saturated rings. The summed E-state index contributed by atoms with van der Waals surface area (Å²) in [5.41, 5.74) is 0.433. The molecule has 0 radical (unpaired) electrons. The molecule has 2 aliphatic rings. The van der Waals surface area contributed by atoms with Crippen LogP contribution in [0.4, 0.5) is 0 Å². The molecular weight excluding hydrogens is 322 g/mol. The van der Waals surface area contributed by atoms with Gasteiger partial charge in [0.2, 0.25) is 5.91 Å². The highest BCUT2D eigenvalue weighted by molar-refractivity contribution is 5.89. The molecule has 1 aliphatic heterocycles. The fourth-order valence-electron chi connectivity index (χ4n) is 4.04. The van der Waals surface area contributed by atoms with E-state index in [9.17, 15) is 15.0 Å². The van der Waals surface area contributed by atoms with Crippen LogP contribution in [-0.4, -0.2) is 54.7 Å². The summed E-state index contributed by atoms with van der Waals surface area (Å²) in [5, 5.41) is 22.7. The Labute approximate surface area is 148 Å². The van der Waals surface area contributed by atoms with Crippen LogP contribution in [0.1, 0.15) is 37.7 Å². The van der Waals surface area contributed by atoms with Gasteiger partial charge in [-0.3, -0.25) is 4.79 Å². The van der Waals surface area contributed by atoms with Gasteiger partial charge in [-0.15, -0.1) is 0 Å². The van der Waals surface area contributed by atoms with Crippen molar-refractivity contribution in [2.45, 2.75) is 55.8 Å². The number of benzene rings is 1. The van der Waals surface area contributed by atoms with E-state index in [1.54, 1.807) is 7.11 Å². The van der Waals surface area contributed by atoms with Crippen LogP contribution in [0.3, 0.4) is 0 Å². The molecule has 0 spiro atoms. The molecule has 138 valence electrons. The summed E-state index contributed by atoms with van der Waals surface area (Å²) in [6.45, 7) is 0.167. The summed E-state index contributed by atoms with van der Waals surface area (Å²) in [5.74, 6) is 0.723. The molecule has 3 atom stereocenters. The first kappa shape index (κ1) is 18.2. The molecular formula is C19H27NO5. The fourth-order valence-corrected chi connectivity index (χ4v) is 4.04. The summed E-state index contributed by atoms with van der Waals surface area (Å²) >= 11 is 0. The van der Waals surface area contributed by atoms with Crippen LogP contribution < -0.4 is 10.1 Å². The third kappa shape index (κ3) is 3.52. The molecule has 6 nitrogen and oxygen atoms in total. The van der Waals surface area contributed by atoms with Crippen molar-refractivity contribution in [2.75, 3.05) is 20.3 Å². The largest absolute Gasteiger partial charge is 0.497 e. The highest BCUT2D eigenvalue weighted by Gasteiger charge is 2.44. The molecule has 1 saturated heterocycles. The maximum Gasteiger partial charge on any atom is 0.230 e. The number of carbonyl (C=O) groups excluding carboxylic acids is 1. The minimum absolute atomic E-state index is 0.0437. The van der Waals surface area contributed by atoms with Crippen molar-refractivity contribution in [3.63, 3.8) is 0 Å². The number of amides is 1. The Balaban J connectivity index is 1.79. The first-order chi connectivity index (χ1) is 12.1. The molecule has 1 aromatic rings. The number of methoxy groups -OCH3 is 1. The summed E-state index contributed by atoms with van der Waals surface area (Å²) < 4.78 is 10.6. The number of nitrogens with one attached hydrogen (secondary N) is 1. The number of ether oxygens (including phenoxy) is 2. The number of aliphatic hydroxyl groups is 2. The van der Waals surface area contributed by atoms with E-state index in [-0.39, 0.29) is 12.5 Å². The Bertz CT molecular complexity index is 582. The van der Waals surface area contributed by atoms with Gasteiger partial charge >= 0.3 is 0 Å². The average molecular weight is 349 g/mol. The monoisotopic (exact) mass is 349 g/mol. The van der Waals surface area contributed by atoms with Crippen molar-refractivity contribution in [1.82, 2.24) is 5.32 Å². The van der Waals surface area contributed by atoms with Crippen molar-refractivity contribution in [2.24, 2.45) is 0 Å². The molecule has 0 aromatic heterocycles. The first-order valence-corrected chi connectivity index (χ1v) is 8.97. The molecule has 0 unspecified atom stereocenters. The second-order valence-electron chi connectivity index (χ2n) is 6.97. The van der Waals surface area contributed by atoms with Crippen LogP contribution in [0, 0.1) is 0 Å². The van der Waals surface area contributed by atoms with Crippen LogP contribution >= 0.6 is 0 Å². The van der Waals surface area contributed by atoms with Crippen molar-refractivity contribution in [1.29, 1.82) is 0 Å².